The fourth-order valence-corrected chi connectivity index (χ4v) is 1.65. The number of alkyl halides is 1. The number of rotatable bonds is 6. The molecule has 0 aliphatic heterocycles. The zero-order chi connectivity index (χ0) is 13.7. The largest absolute Gasteiger partial charge is 0.494 e. The lowest BCUT2D eigenvalue weighted by Gasteiger charge is -2.08. The Kier molecular flexibility index (Phi) is 4.80. The Hall–Kier alpha value is -1.55. The molecule has 0 aliphatic rings. The summed E-state index contributed by atoms with van der Waals surface area (Å²) < 4.78 is 10.6. The van der Waals surface area contributed by atoms with Gasteiger partial charge in [0.2, 0.25) is 11.7 Å². The van der Waals surface area contributed by atoms with Crippen LogP contribution in [0, 0.1) is 5.92 Å². The fourth-order valence-electron chi connectivity index (χ4n) is 1.54. The van der Waals surface area contributed by atoms with Crippen LogP contribution >= 0.6 is 11.6 Å². The molecule has 4 nitrogen and oxygen atoms in total. The molecule has 0 unspecified atom stereocenters. The lowest BCUT2D eigenvalue weighted by Crippen LogP contribution is -2.01. The summed E-state index contributed by atoms with van der Waals surface area (Å²) in [4.78, 5) is 4.16. The monoisotopic (exact) mass is 280 g/mol. The quantitative estimate of drug-likeness (QED) is 0.753. The molecule has 1 aromatic carbocycles. The molecule has 0 atom stereocenters. The van der Waals surface area contributed by atoms with Gasteiger partial charge in [-0.05, 0) is 36.6 Å². The first-order valence-corrected chi connectivity index (χ1v) is 6.84. The maximum atomic E-state index is 5.65. The van der Waals surface area contributed by atoms with Crippen LogP contribution in [0.5, 0.6) is 5.75 Å². The Morgan fingerprint density at radius 2 is 2.00 bits per heavy atom. The summed E-state index contributed by atoms with van der Waals surface area (Å²) in [5.74, 6) is 2.69. The van der Waals surface area contributed by atoms with Crippen molar-refractivity contribution in [3.63, 3.8) is 0 Å². The lowest BCUT2D eigenvalue weighted by atomic mass is 10.1. The van der Waals surface area contributed by atoms with Gasteiger partial charge in [-0.1, -0.05) is 19.0 Å². The predicted molar refractivity (Wildman–Crippen MR) is 74.2 cm³/mol. The molecular weight excluding hydrogens is 264 g/mol. The number of ether oxygens (including phenoxy) is 1. The highest BCUT2D eigenvalue weighted by Gasteiger charge is 2.07. The molecule has 1 aromatic heterocycles. The molecule has 102 valence electrons. The summed E-state index contributed by atoms with van der Waals surface area (Å²) in [6, 6.07) is 7.64. The van der Waals surface area contributed by atoms with E-state index in [1.165, 1.54) is 0 Å². The van der Waals surface area contributed by atoms with Crippen LogP contribution in [-0.2, 0) is 5.88 Å². The van der Waals surface area contributed by atoms with Gasteiger partial charge in [-0.2, -0.15) is 4.98 Å². The predicted octanol–water partition coefficient (Wildman–Crippen LogP) is 3.90. The summed E-state index contributed by atoms with van der Waals surface area (Å²) in [7, 11) is 0. The van der Waals surface area contributed by atoms with Crippen molar-refractivity contribution in [1.29, 1.82) is 0 Å². The molecule has 1 heterocycles. The maximum Gasteiger partial charge on any atom is 0.241 e. The third kappa shape index (κ3) is 3.96. The normalized spacial score (nSPS) is 10.9. The zero-order valence-corrected chi connectivity index (χ0v) is 11.9. The highest BCUT2D eigenvalue weighted by atomic mass is 35.5. The van der Waals surface area contributed by atoms with E-state index in [2.05, 4.69) is 24.0 Å². The molecule has 0 aliphatic carbocycles. The van der Waals surface area contributed by atoms with Crippen molar-refractivity contribution in [3.05, 3.63) is 30.2 Å². The van der Waals surface area contributed by atoms with Crippen LogP contribution in [0.1, 0.15) is 26.2 Å². The highest BCUT2D eigenvalue weighted by Crippen LogP contribution is 2.20. The van der Waals surface area contributed by atoms with E-state index in [4.69, 9.17) is 20.9 Å². The van der Waals surface area contributed by atoms with Crippen LogP contribution in [0.2, 0.25) is 0 Å². The van der Waals surface area contributed by atoms with E-state index in [0.717, 1.165) is 24.3 Å². The Morgan fingerprint density at radius 1 is 1.26 bits per heavy atom. The molecular formula is C14H17ClN2O2. The van der Waals surface area contributed by atoms with E-state index in [9.17, 15) is 0 Å². The SMILES string of the molecule is CC(C)CCOc1ccc(-c2noc(CCl)n2)cc1. The second-order valence-corrected chi connectivity index (χ2v) is 4.97. The van der Waals surface area contributed by atoms with Crippen molar-refractivity contribution in [1.82, 2.24) is 10.1 Å². The van der Waals surface area contributed by atoms with Crippen LogP contribution < -0.4 is 4.74 Å². The van der Waals surface area contributed by atoms with Crippen LogP contribution in [0.25, 0.3) is 11.4 Å². The summed E-state index contributed by atoms with van der Waals surface area (Å²) in [5, 5.41) is 3.86. The fraction of sp³-hybridized carbons (Fsp3) is 0.429. The lowest BCUT2D eigenvalue weighted by molar-refractivity contribution is 0.289. The van der Waals surface area contributed by atoms with Crippen LogP contribution in [-0.4, -0.2) is 16.7 Å². The molecule has 0 bridgehead atoms. The average molecular weight is 281 g/mol. The van der Waals surface area contributed by atoms with Crippen molar-refractivity contribution in [2.24, 2.45) is 5.92 Å². The molecule has 2 rings (SSSR count). The first kappa shape index (κ1) is 13.9. The van der Waals surface area contributed by atoms with Gasteiger partial charge in [-0.25, -0.2) is 0 Å². The number of hydrogen-bond acceptors (Lipinski definition) is 4. The van der Waals surface area contributed by atoms with Gasteiger partial charge in [-0.15, -0.1) is 11.6 Å². The summed E-state index contributed by atoms with van der Waals surface area (Å²) in [6.45, 7) is 5.09. The Bertz CT molecular complexity index is 508. The zero-order valence-electron chi connectivity index (χ0n) is 11.1. The highest BCUT2D eigenvalue weighted by molar-refractivity contribution is 6.16. The van der Waals surface area contributed by atoms with Crippen molar-refractivity contribution >= 4 is 11.6 Å². The standard InChI is InChI=1S/C14H17ClN2O2/c1-10(2)7-8-18-12-5-3-11(4-6-12)14-16-13(9-15)19-17-14/h3-6,10H,7-9H2,1-2H3. The van der Waals surface area contributed by atoms with Gasteiger partial charge in [0.15, 0.2) is 0 Å². The van der Waals surface area contributed by atoms with Gasteiger partial charge in [0, 0.05) is 5.56 Å². The molecule has 2 aromatic rings. The van der Waals surface area contributed by atoms with Gasteiger partial charge in [-0.3, -0.25) is 0 Å². The summed E-state index contributed by atoms with van der Waals surface area (Å²) in [5.41, 5.74) is 0.885. The Balaban J connectivity index is 1.97. The van der Waals surface area contributed by atoms with E-state index in [0.29, 0.717) is 17.6 Å². The second-order valence-electron chi connectivity index (χ2n) is 4.70. The minimum atomic E-state index is 0.226. The average Bonchev–Trinajstić information content (AvgIpc) is 2.88. The summed E-state index contributed by atoms with van der Waals surface area (Å²) >= 11 is 5.62. The molecule has 5 heteroatoms. The van der Waals surface area contributed by atoms with E-state index >= 15 is 0 Å². The number of hydrogen-bond donors (Lipinski definition) is 0. The van der Waals surface area contributed by atoms with Gasteiger partial charge in [0.1, 0.15) is 11.6 Å². The Morgan fingerprint density at radius 3 is 2.58 bits per heavy atom. The number of benzene rings is 1. The van der Waals surface area contributed by atoms with E-state index in [1.807, 2.05) is 24.3 Å². The third-order valence-electron chi connectivity index (χ3n) is 2.66. The second kappa shape index (κ2) is 6.57. The van der Waals surface area contributed by atoms with Crippen molar-refractivity contribution in [2.45, 2.75) is 26.1 Å². The Labute approximate surface area is 117 Å². The first-order valence-electron chi connectivity index (χ1n) is 6.31. The minimum Gasteiger partial charge on any atom is -0.494 e. The van der Waals surface area contributed by atoms with Crippen LogP contribution in [0.3, 0.4) is 0 Å². The van der Waals surface area contributed by atoms with Gasteiger partial charge >= 0.3 is 0 Å². The van der Waals surface area contributed by atoms with E-state index < -0.39 is 0 Å². The number of nitrogens with zero attached hydrogens (tertiary/aromatic N) is 2. The van der Waals surface area contributed by atoms with Crippen molar-refractivity contribution in [2.75, 3.05) is 6.61 Å². The van der Waals surface area contributed by atoms with Crippen LogP contribution in [0.15, 0.2) is 28.8 Å². The van der Waals surface area contributed by atoms with E-state index in [1.54, 1.807) is 0 Å². The molecule has 0 saturated carbocycles. The molecule has 0 fully saturated rings. The van der Waals surface area contributed by atoms with Crippen molar-refractivity contribution < 1.29 is 9.26 Å². The molecule has 0 N–H and O–H groups in total. The maximum absolute atomic E-state index is 5.65. The smallest absolute Gasteiger partial charge is 0.241 e. The molecule has 0 saturated heterocycles. The van der Waals surface area contributed by atoms with E-state index in [-0.39, 0.29) is 5.88 Å². The molecule has 0 radical (unpaired) electrons. The van der Waals surface area contributed by atoms with Gasteiger partial charge in [0.25, 0.3) is 0 Å². The number of aromatic nitrogens is 2. The first-order chi connectivity index (χ1) is 9.19. The minimum absolute atomic E-state index is 0.226. The van der Waals surface area contributed by atoms with Crippen LogP contribution in [0.4, 0.5) is 0 Å². The van der Waals surface area contributed by atoms with Gasteiger partial charge in [0.05, 0.1) is 6.61 Å². The third-order valence-corrected chi connectivity index (χ3v) is 2.89. The topological polar surface area (TPSA) is 48.2 Å². The molecule has 19 heavy (non-hydrogen) atoms. The number of halogens is 1. The molecule has 0 amide bonds. The van der Waals surface area contributed by atoms with Crippen molar-refractivity contribution in [3.8, 4) is 17.1 Å². The molecule has 0 spiro atoms. The summed E-state index contributed by atoms with van der Waals surface area (Å²) in [6.07, 6.45) is 1.05. The van der Waals surface area contributed by atoms with Gasteiger partial charge < -0.3 is 9.26 Å².